The maximum absolute atomic E-state index is 12.3. The average molecular weight is 341 g/mol. The van der Waals surface area contributed by atoms with E-state index in [1.807, 2.05) is 0 Å². The quantitative estimate of drug-likeness (QED) is 0.681. The number of rotatable bonds is 4. The van der Waals surface area contributed by atoms with Crippen LogP contribution in [0.5, 0.6) is 0 Å². The third kappa shape index (κ3) is 2.95. The van der Waals surface area contributed by atoms with Crippen LogP contribution in [0.1, 0.15) is 56.2 Å². The molecule has 0 radical (unpaired) electrons. The molecule has 1 aliphatic rings. The number of benzene rings is 1. The predicted octanol–water partition coefficient (Wildman–Crippen LogP) is 3.30. The van der Waals surface area contributed by atoms with Crippen molar-refractivity contribution in [2.45, 2.75) is 33.6 Å². The van der Waals surface area contributed by atoms with Crippen LogP contribution in [0.3, 0.4) is 0 Å². The van der Waals surface area contributed by atoms with E-state index in [0.717, 1.165) is 5.56 Å². The number of carbonyl (C=O) groups excluding carboxylic acids is 3. The molecule has 0 aliphatic carbocycles. The van der Waals surface area contributed by atoms with Crippen molar-refractivity contribution in [3.63, 3.8) is 0 Å². The Bertz CT molecular complexity index is 893. The van der Waals surface area contributed by atoms with Crippen LogP contribution in [0.25, 0.3) is 0 Å². The van der Waals surface area contributed by atoms with Gasteiger partial charge in [0.25, 0.3) is 0 Å². The lowest BCUT2D eigenvalue weighted by Crippen LogP contribution is -2.15. The van der Waals surface area contributed by atoms with Gasteiger partial charge in [0.2, 0.25) is 5.91 Å². The molecule has 2 aromatic rings. The molecule has 130 valence electrons. The van der Waals surface area contributed by atoms with Crippen LogP contribution >= 0.6 is 0 Å². The van der Waals surface area contributed by atoms with Crippen LogP contribution in [0.4, 0.5) is 5.69 Å². The lowest BCUT2D eigenvalue weighted by molar-refractivity contribution is -0.116. The average Bonchev–Trinajstić information content (AvgIpc) is 3.00. The number of aryl methyl sites for hydroxylation is 2. The minimum atomic E-state index is -0.577. The number of anilines is 1. The van der Waals surface area contributed by atoms with Gasteiger partial charge in [0.15, 0.2) is 12.4 Å². The zero-order chi connectivity index (χ0) is 18.3. The van der Waals surface area contributed by atoms with Crippen molar-refractivity contribution in [3.05, 3.63) is 52.0 Å². The van der Waals surface area contributed by atoms with E-state index < -0.39 is 5.97 Å². The molecule has 1 aromatic carbocycles. The first-order valence-electron chi connectivity index (χ1n) is 8.01. The first-order chi connectivity index (χ1) is 11.8. The number of hydrogen-bond acceptors (Lipinski definition) is 5. The normalized spacial score (nSPS) is 15.7. The van der Waals surface area contributed by atoms with Gasteiger partial charge in [0.05, 0.1) is 5.92 Å². The Morgan fingerprint density at radius 1 is 1.20 bits per heavy atom. The van der Waals surface area contributed by atoms with Gasteiger partial charge in [-0.05, 0) is 51.5 Å². The highest BCUT2D eigenvalue weighted by Crippen LogP contribution is 2.32. The molecule has 2 heterocycles. The van der Waals surface area contributed by atoms with E-state index in [1.54, 1.807) is 45.9 Å². The Balaban J connectivity index is 1.71. The van der Waals surface area contributed by atoms with Crippen molar-refractivity contribution in [2.75, 3.05) is 11.9 Å². The predicted molar refractivity (Wildman–Crippen MR) is 91.0 cm³/mol. The maximum Gasteiger partial charge on any atom is 0.342 e. The summed E-state index contributed by atoms with van der Waals surface area (Å²) in [5, 5.41) is 2.75. The third-order valence-electron chi connectivity index (χ3n) is 4.59. The molecule has 0 bridgehead atoms. The minimum Gasteiger partial charge on any atom is -0.465 e. The Hall–Kier alpha value is -2.89. The Morgan fingerprint density at radius 3 is 2.56 bits per heavy atom. The lowest BCUT2D eigenvalue weighted by atomic mass is 9.99. The monoisotopic (exact) mass is 341 g/mol. The standard InChI is InChI=1S/C19H19NO5/c1-9-11(3)25-12(4)17(9)19(23)24-8-16(21)13-5-6-15-14(7-13)10(2)18(22)20-15/h5-7,10H,8H2,1-4H3,(H,20,22)/t10-/m0/s1. The largest absolute Gasteiger partial charge is 0.465 e. The van der Waals surface area contributed by atoms with Gasteiger partial charge in [-0.2, -0.15) is 0 Å². The molecule has 1 aliphatic heterocycles. The van der Waals surface area contributed by atoms with E-state index in [1.165, 1.54) is 0 Å². The number of ether oxygens (including phenoxy) is 1. The van der Waals surface area contributed by atoms with Crippen molar-refractivity contribution >= 4 is 23.3 Å². The molecule has 1 N–H and O–H groups in total. The molecule has 0 unspecified atom stereocenters. The second-order valence-corrected chi connectivity index (χ2v) is 6.23. The van der Waals surface area contributed by atoms with E-state index in [4.69, 9.17) is 9.15 Å². The second-order valence-electron chi connectivity index (χ2n) is 6.23. The molecule has 25 heavy (non-hydrogen) atoms. The highest BCUT2D eigenvalue weighted by Gasteiger charge is 2.27. The van der Waals surface area contributed by atoms with Gasteiger partial charge in [-0.3, -0.25) is 9.59 Å². The van der Waals surface area contributed by atoms with Crippen LogP contribution in [-0.2, 0) is 9.53 Å². The summed E-state index contributed by atoms with van der Waals surface area (Å²) >= 11 is 0. The number of esters is 1. The molecule has 0 saturated carbocycles. The molecule has 6 nitrogen and oxygen atoms in total. The van der Waals surface area contributed by atoms with Gasteiger partial charge in [0.1, 0.15) is 17.1 Å². The molecule has 0 saturated heterocycles. The number of carbonyl (C=O) groups is 3. The molecule has 3 rings (SSSR count). The highest BCUT2D eigenvalue weighted by molar-refractivity contribution is 6.05. The summed E-state index contributed by atoms with van der Waals surface area (Å²) < 4.78 is 10.6. The van der Waals surface area contributed by atoms with Gasteiger partial charge in [-0.25, -0.2) is 4.79 Å². The second kappa shape index (κ2) is 6.20. The molecule has 1 atom stereocenters. The fraction of sp³-hybridized carbons (Fsp3) is 0.316. The molecule has 1 amide bonds. The van der Waals surface area contributed by atoms with E-state index in [-0.39, 0.29) is 24.2 Å². The summed E-state index contributed by atoms with van der Waals surface area (Å²) in [4.78, 5) is 36.2. The molecule has 1 aromatic heterocycles. The number of ketones is 1. The van der Waals surface area contributed by atoms with Gasteiger partial charge in [-0.15, -0.1) is 0 Å². The van der Waals surface area contributed by atoms with Crippen LogP contribution in [0, 0.1) is 20.8 Å². The summed E-state index contributed by atoms with van der Waals surface area (Å²) in [6.07, 6.45) is 0. The zero-order valence-corrected chi connectivity index (χ0v) is 14.6. The maximum atomic E-state index is 12.3. The van der Waals surface area contributed by atoms with E-state index in [2.05, 4.69) is 5.32 Å². The van der Waals surface area contributed by atoms with Gasteiger partial charge in [0, 0.05) is 16.8 Å². The summed E-state index contributed by atoms with van der Waals surface area (Å²) in [5.74, 6) is -0.162. The van der Waals surface area contributed by atoms with Crippen LogP contribution in [0.15, 0.2) is 22.6 Å². The minimum absolute atomic E-state index is 0.0905. The fourth-order valence-corrected chi connectivity index (χ4v) is 2.97. The summed E-state index contributed by atoms with van der Waals surface area (Å²) in [6, 6.07) is 4.98. The summed E-state index contributed by atoms with van der Waals surface area (Å²) in [5.41, 5.74) is 2.98. The fourth-order valence-electron chi connectivity index (χ4n) is 2.97. The molecular formula is C19H19NO5. The van der Waals surface area contributed by atoms with Gasteiger partial charge < -0.3 is 14.5 Å². The lowest BCUT2D eigenvalue weighted by Gasteiger charge is -2.07. The smallest absolute Gasteiger partial charge is 0.342 e. The number of furan rings is 1. The number of amides is 1. The molecular weight excluding hydrogens is 322 g/mol. The van der Waals surface area contributed by atoms with E-state index >= 15 is 0 Å². The molecule has 0 fully saturated rings. The Kier molecular flexibility index (Phi) is 4.20. The highest BCUT2D eigenvalue weighted by atomic mass is 16.5. The van der Waals surface area contributed by atoms with Crippen LogP contribution < -0.4 is 5.32 Å². The van der Waals surface area contributed by atoms with Crippen molar-refractivity contribution in [1.29, 1.82) is 0 Å². The van der Waals surface area contributed by atoms with Crippen molar-refractivity contribution < 1.29 is 23.5 Å². The van der Waals surface area contributed by atoms with Crippen molar-refractivity contribution in [2.24, 2.45) is 0 Å². The Morgan fingerprint density at radius 2 is 1.92 bits per heavy atom. The zero-order valence-electron chi connectivity index (χ0n) is 14.6. The molecule has 6 heteroatoms. The van der Waals surface area contributed by atoms with Gasteiger partial charge >= 0.3 is 5.97 Å². The summed E-state index contributed by atoms with van der Waals surface area (Å²) in [6.45, 7) is 6.64. The van der Waals surface area contributed by atoms with Crippen molar-refractivity contribution in [1.82, 2.24) is 0 Å². The van der Waals surface area contributed by atoms with Crippen LogP contribution in [0.2, 0.25) is 0 Å². The number of fused-ring (bicyclic) bond motifs is 1. The topological polar surface area (TPSA) is 85.6 Å². The summed E-state index contributed by atoms with van der Waals surface area (Å²) in [7, 11) is 0. The van der Waals surface area contributed by atoms with E-state index in [0.29, 0.717) is 33.9 Å². The van der Waals surface area contributed by atoms with Crippen molar-refractivity contribution in [3.8, 4) is 0 Å². The first kappa shape index (κ1) is 17.0. The van der Waals surface area contributed by atoms with Gasteiger partial charge in [-0.1, -0.05) is 0 Å². The number of Topliss-reactive ketones (excluding diaryl/α,β-unsaturated/α-hetero) is 1. The van der Waals surface area contributed by atoms with E-state index in [9.17, 15) is 14.4 Å². The Labute approximate surface area is 145 Å². The third-order valence-corrected chi connectivity index (χ3v) is 4.59. The number of hydrogen-bond donors (Lipinski definition) is 1. The SMILES string of the molecule is Cc1oc(C)c(C(=O)OCC(=O)c2ccc3c(c2)[C@H](C)C(=O)N3)c1C. The van der Waals surface area contributed by atoms with Crippen LogP contribution in [-0.4, -0.2) is 24.3 Å². The first-order valence-corrected chi connectivity index (χ1v) is 8.01. The number of nitrogens with one attached hydrogen (secondary N) is 1. The molecule has 0 spiro atoms.